The predicted octanol–water partition coefficient (Wildman–Crippen LogP) is 2.56. The fourth-order valence-electron chi connectivity index (χ4n) is 2.52. The molecule has 0 aliphatic heterocycles. The zero-order valence-corrected chi connectivity index (χ0v) is 13.8. The molecule has 24 heavy (non-hydrogen) atoms. The summed E-state index contributed by atoms with van der Waals surface area (Å²) in [6.45, 7) is 0.574. The minimum atomic E-state index is 0.0826. The molecular formula is C18H20N4O2. The van der Waals surface area contributed by atoms with E-state index in [0.717, 1.165) is 22.7 Å². The Morgan fingerprint density at radius 1 is 1.25 bits per heavy atom. The van der Waals surface area contributed by atoms with Crippen LogP contribution in [-0.2, 0) is 17.8 Å². The van der Waals surface area contributed by atoms with Gasteiger partial charge in [-0.1, -0.05) is 12.1 Å². The summed E-state index contributed by atoms with van der Waals surface area (Å²) in [5.41, 5.74) is 2.65. The number of ether oxygens (including phenoxy) is 1. The Bertz CT molecular complexity index is 793. The number of carbonyl (C=O) groups is 1. The third-order valence-corrected chi connectivity index (χ3v) is 3.89. The summed E-state index contributed by atoms with van der Waals surface area (Å²) in [7, 11) is 3.45. The number of benzene rings is 1. The largest absolute Gasteiger partial charge is 0.497 e. The molecule has 0 radical (unpaired) electrons. The molecule has 1 N–H and O–H groups in total. The SMILES string of the molecule is COc1ccc(CN(C)C(=O)CCc2nc3ncccc3[nH]2)cc1. The van der Waals surface area contributed by atoms with Gasteiger partial charge in [0.1, 0.15) is 11.6 Å². The van der Waals surface area contributed by atoms with Crippen LogP contribution in [0.25, 0.3) is 11.2 Å². The van der Waals surface area contributed by atoms with Crippen LogP contribution < -0.4 is 4.74 Å². The van der Waals surface area contributed by atoms with Gasteiger partial charge in [-0.05, 0) is 29.8 Å². The molecule has 2 aromatic heterocycles. The second-order valence-corrected chi connectivity index (χ2v) is 5.66. The maximum absolute atomic E-state index is 12.3. The summed E-state index contributed by atoms with van der Waals surface area (Å²) in [4.78, 5) is 25.8. The van der Waals surface area contributed by atoms with E-state index in [1.165, 1.54) is 0 Å². The highest BCUT2D eigenvalue weighted by molar-refractivity contribution is 5.76. The van der Waals surface area contributed by atoms with Crippen LogP contribution in [0.1, 0.15) is 17.8 Å². The lowest BCUT2D eigenvalue weighted by Gasteiger charge is -2.17. The maximum Gasteiger partial charge on any atom is 0.223 e. The fraction of sp³-hybridized carbons (Fsp3) is 0.278. The van der Waals surface area contributed by atoms with Crippen molar-refractivity contribution in [3.05, 3.63) is 54.0 Å². The van der Waals surface area contributed by atoms with Crippen LogP contribution in [0, 0.1) is 0 Å². The molecule has 0 saturated carbocycles. The number of carbonyl (C=O) groups excluding carboxylic acids is 1. The third-order valence-electron chi connectivity index (χ3n) is 3.89. The van der Waals surface area contributed by atoms with Crippen molar-refractivity contribution in [1.82, 2.24) is 19.9 Å². The van der Waals surface area contributed by atoms with Gasteiger partial charge in [0, 0.05) is 32.6 Å². The van der Waals surface area contributed by atoms with Gasteiger partial charge < -0.3 is 14.6 Å². The lowest BCUT2D eigenvalue weighted by Crippen LogP contribution is -2.26. The van der Waals surface area contributed by atoms with Crippen molar-refractivity contribution < 1.29 is 9.53 Å². The lowest BCUT2D eigenvalue weighted by molar-refractivity contribution is -0.130. The molecule has 0 saturated heterocycles. The zero-order chi connectivity index (χ0) is 16.9. The van der Waals surface area contributed by atoms with E-state index in [0.29, 0.717) is 25.0 Å². The number of aromatic nitrogens is 3. The predicted molar refractivity (Wildman–Crippen MR) is 91.7 cm³/mol. The van der Waals surface area contributed by atoms with Crippen LogP contribution in [0.3, 0.4) is 0 Å². The van der Waals surface area contributed by atoms with Crippen molar-refractivity contribution in [3.8, 4) is 5.75 Å². The van der Waals surface area contributed by atoms with E-state index in [2.05, 4.69) is 15.0 Å². The van der Waals surface area contributed by atoms with Gasteiger partial charge in [0.05, 0.1) is 12.6 Å². The topological polar surface area (TPSA) is 71.1 Å². The fourth-order valence-corrected chi connectivity index (χ4v) is 2.52. The molecular weight excluding hydrogens is 304 g/mol. The summed E-state index contributed by atoms with van der Waals surface area (Å²) in [5, 5.41) is 0. The number of methoxy groups -OCH3 is 1. The van der Waals surface area contributed by atoms with Crippen LogP contribution in [0.5, 0.6) is 5.75 Å². The van der Waals surface area contributed by atoms with Crippen molar-refractivity contribution in [2.75, 3.05) is 14.2 Å². The second kappa shape index (κ2) is 7.12. The number of rotatable bonds is 6. The highest BCUT2D eigenvalue weighted by Crippen LogP contribution is 2.13. The van der Waals surface area contributed by atoms with Gasteiger partial charge in [-0.3, -0.25) is 4.79 Å². The number of hydrogen-bond acceptors (Lipinski definition) is 4. The molecule has 3 aromatic rings. The minimum Gasteiger partial charge on any atom is -0.497 e. The number of aryl methyl sites for hydroxylation is 1. The van der Waals surface area contributed by atoms with E-state index >= 15 is 0 Å². The average molecular weight is 324 g/mol. The molecule has 2 heterocycles. The Hall–Kier alpha value is -2.89. The van der Waals surface area contributed by atoms with E-state index in [4.69, 9.17) is 4.74 Å². The molecule has 0 bridgehead atoms. The number of aromatic amines is 1. The van der Waals surface area contributed by atoms with Gasteiger partial charge in [0.2, 0.25) is 5.91 Å². The third kappa shape index (κ3) is 3.71. The number of amides is 1. The van der Waals surface area contributed by atoms with Crippen molar-refractivity contribution in [2.24, 2.45) is 0 Å². The van der Waals surface area contributed by atoms with Gasteiger partial charge in [-0.15, -0.1) is 0 Å². The summed E-state index contributed by atoms with van der Waals surface area (Å²) in [6.07, 6.45) is 2.69. The average Bonchev–Trinajstić information content (AvgIpc) is 3.03. The van der Waals surface area contributed by atoms with E-state index in [9.17, 15) is 4.79 Å². The lowest BCUT2D eigenvalue weighted by atomic mass is 10.2. The quantitative estimate of drug-likeness (QED) is 0.756. The Morgan fingerprint density at radius 2 is 2.04 bits per heavy atom. The van der Waals surface area contributed by atoms with Gasteiger partial charge in [-0.2, -0.15) is 0 Å². The van der Waals surface area contributed by atoms with Crippen LogP contribution in [0.2, 0.25) is 0 Å². The molecule has 6 nitrogen and oxygen atoms in total. The summed E-state index contributed by atoms with van der Waals surface area (Å²) < 4.78 is 5.14. The smallest absolute Gasteiger partial charge is 0.223 e. The van der Waals surface area contributed by atoms with Crippen molar-refractivity contribution in [3.63, 3.8) is 0 Å². The van der Waals surface area contributed by atoms with Gasteiger partial charge in [0.25, 0.3) is 0 Å². The monoisotopic (exact) mass is 324 g/mol. The standard InChI is InChI=1S/C18H20N4O2/c1-22(12-13-5-7-14(24-2)8-6-13)17(23)10-9-16-20-15-4-3-11-19-18(15)21-16/h3-8,11H,9-10,12H2,1-2H3,(H,19,20,21). The molecule has 0 unspecified atom stereocenters. The van der Waals surface area contributed by atoms with Crippen molar-refractivity contribution in [1.29, 1.82) is 0 Å². The summed E-state index contributed by atoms with van der Waals surface area (Å²) in [6, 6.07) is 11.5. The highest BCUT2D eigenvalue weighted by Gasteiger charge is 2.11. The van der Waals surface area contributed by atoms with E-state index in [1.54, 1.807) is 18.2 Å². The second-order valence-electron chi connectivity index (χ2n) is 5.66. The Balaban J connectivity index is 1.55. The Kier molecular flexibility index (Phi) is 4.74. The summed E-state index contributed by atoms with van der Waals surface area (Å²) in [5.74, 6) is 1.68. The normalized spacial score (nSPS) is 10.8. The van der Waals surface area contributed by atoms with Crippen LogP contribution >= 0.6 is 0 Å². The molecule has 6 heteroatoms. The number of hydrogen-bond donors (Lipinski definition) is 1. The van der Waals surface area contributed by atoms with E-state index in [-0.39, 0.29) is 5.91 Å². The molecule has 124 valence electrons. The molecule has 0 fully saturated rings. The Labute approximate surface area is 140 Å². The van der Waals surface area contributed by atoms with Crippen LogP contribution in [0.4, 0.5) is 0 Å². The first-order valence-corrected chi connectivity index (χ1v) is 7.82. The number of nitrogens with zero attached hydrogens (tertiary/aromatic N) is 3. The molecule has 0 atom stereocenters. The number of pyridine rings is 1. The molecule has 1 aromatic carbocycles. The molecule has 1 amide bonds. The van der Waals surface area contributed by atoms with E-state index in [1.807, 2.05) is 43.4 Å². The molecule has 0 spiro atoms. The van der Waals surface area contributed by atoms with Crippen LogP contribution in [-0.4, -0.2) is 39.9 Å². The van der Waals surface area contributed by atoms with E-state index < -0.39 is 0 Å². The number of imidazole rings is 1. The number of nitrogens with one attached hydrogen (secondary N) is 1. The minimum absolute atomic E-state index is 0.0826. The highest BCUT2D eigenvalue weighted by atomic mass is 16.5. The molecule has 0 aliphatic carbocycles. The number of H-pyrrole nitrogens is 1. The number of fused-ring (bicyclic) bond motifs is 1. The van der Waals surface area contributed by atoms with Crippen molar-refractivity contribution in [2.45, 2.75) is 19.4 Å². The first-order chi connectivity index (χ1) is 11.7. The first kappa shape index (κ1) is 16.0. The molecule has 0 aliphatic rings. The molecule has 3 rings (SSSR count). The van der Waals surface area contributed by atoms with Gasteiger partial charge in [0.15, 0.2) is 5.65 Å². The summed E-state index contributed by atoms with van der Waals surface area (Å²) >= 11 is 0. The first-order valence-electron chi connectivity index (χ1n) is 7.82. The van der Waals surface area contributed by atoms with Crippen molar-refractivity contribution >= 4 is 17.1 Å². The van der Waals surface area contributed by atoms with Crippen LogP contribution in [0.15, 0.2) is 42.6 Å². The zero-order valence-electron chi connectivity index (χ0n) is 13.8. The van der Waals surface area contributed by atoms with Gasteiger partial charge >= 0.3 is 0 Å². The maximum atomic E-state index is 12.3. The Morgan fingerprint density at radius 3 is 2.75 bits per heavy atom. The van der Waals surface area contributed by atoms with Gasteiger partial charge in [-0.25, -0.2) is 9.97 Å².